The zero-order valence-electron chi connectivity index (χ0n) is 34.0. The van der Waals surface area contributed by atoms with Crippen molar-refractivity contribution in [3.05, 3.63) is 144 Å². The molecule has 0 unspecified atom stereocenters. The summed E-state index contributed by atoms with van der Waals surface area (Å²) in [5.74, 6) is 0. The zero-order chi connectivity index (χ0) is 38.3. The monoisotopic (exact) mass is 735 g/mol. The number of furan rings is 1. The maximum atomic E-state index is 7.83. The molecule has 3 nitrogen and oxygen atoms in total. The second-order valence-electron chi connectivity index (χ2n) is 9.31. The summed E-state index contributed by atoms with van der Waals surface area (Å²) in [4.78, 5) is 8.35. The van der Waals surface area contributed by atoms with Crippen molar-refractivity contribution >= 4 is 21.9 Å². The number of rotatable bonds is 3. The van der Waals surface area contributed by atoms with E-state index in [-0.39, 0.29) is 42.4 Å². The molecule has 3 heterocycles. The van der Waals surface area contributed by atoms with Crippen LogP contribution in [0.5, 0.6) is 0 Å². The second kappa shape index (κ2) is 12.6. The first kappa shape index (κ1) is 17.6. The van der Waals surface area contributed by atoms with E-state index in [1.165, 1.54) is 30.5 Å². The van der Waals surface area contributed by atoms with E-state index in [9.17, 15) is 0 Å². The fourth-order valence-corrected chi connectivity index (χ4v) is 4.47. The van der Waals surface area contributed by atoms with Crippen LogP contribution in [0.1, 0.15) is 38.7 Å². The predicted molar refractivity (Wildman–Crippen MR) is 169 cm³/mol. The zero-order valence-corrected chi connectivity index (χ0v) is 24.4. The molecular weight excluding hydrogens is 693 g/mol. The van der Waals surface area contributed by atoms with Gasteiger partial charge in [0.25, 0.3) is 0 Å². The third-order valence-corrected chi connectivity index (χ3v) is 6.55. The molecule has 0 bridgehead atoms. The summed E-state index contributed by atoms with van der Waals surface area (Å²) >= 11 is 0. The van der Waals surface area contributed by atoms with E-state index in [1.54, 1.807) is 18.2 Å². The maximum absolute atomic E-state index is 7.83. The molecule has 3 aromatic heterocycles. The molecule has 0 N–H and O–H groups in total. The van der Waals surface area contributed by atoms with Crippen molar-refractivity contribution in [2.24, 2.45) is 0 Å². The molecule has 0 aliphatic carbocycles. The van der Waals surface area contributed by atoms with Crippen LogP contribution in [0.15, 0.2) is 114 Å². The van der Waals surface area contributed by atoms with Crippen LogP contribution in [0, 0.1) is 39.5 Å². The first-order valence-electron chi connectivity index (χ1n) is 18.7. The van der Waals surface area contributed by atoms with Crippen molar-refractivity contribution in [1.82, 2.24) is 9.97 Å². The number of hydrogen-bond acceptors (Lipinski definition) is 3. The Labute approximate surface area is 277 Å². The molecule has 0 aliphatic rings. The molecule has 0 saturated carbocycles. The summed E-state index contributed by atoms with van der Waals surface area (Å²) < 4.78 is 96.3. The van der Waals surface area contributed by atoms with Crippen LogP contribution in [0.2, 0.25) is 0 Å². The van der Waals surface area contributed by atoms with Gasteiger partial charge < -0.3 is 14.4 Å². The Kier molecular flexibility index (Phi) is 5.29. The number of hydrogen-bond donors (Lipinski definition) is 0. The Hall–Kier alpha value is -4.37. The third kappa shape index (κ3) is 6.11. The topological polar surface area (TPSA) is 38.9 Å². The number of pyridine rings is 2. The van der Waals surface area contributed by atoms with Crippen molar-refractivity contribution in [1.29, 1.82) is 0 Å². The van der Waals surface area contributed by atoms with E-state index >= 15 is 0 Å². The summed E-state index contributed by atoms with van der Waals surface area (Å²) in [7, 11) is 0. The average Bonchev–Trinajstić information content (AvgIpc) is 3.49. The van der Waals surface area contributed by atoms with Gasteiger partial charge in [0.1, 0.15) is 5.58 Å². The van der Waals surface area contributed by atoms with Crippen molar-refractivity contribution in [3.63, 3.8) is 0 Å². The Bertz CT molecular complexity index is 2330. The molecule has 0 amide bonds. The molecule has 209 valence electrons. The maximum Gasteiger partial charge on any atom is 0.120 e. The van der Waals surface area contributed by atoms with Crippen LogP contribution < -0.4 is 0 Å². The molecule has 4 heteroatoms. The smallest absolute Gasteiger partial charge is 0.120 e. The van der Waals surface area contributed by atoms with Gasteiger partial charge in [0, 0.05) is 54.3 Å². The molecule has 42 heavy (non-hydrogen) atoms. The van der Waals surface area contributed by atoms with E-state index in [4.69, 9.17) is 20.9 Å². The Morgan fingerprint density at radius 1 is 0.667 bits per heavy atom. The van der Waals surface area contributed by atoms with Gasteiger partial charge in [-0.05, 0) is 66.3 Å². The third-order valence-electron chi connectivity index (χ3n) is 6.55. The van der Waals surface area contributed by atoms with E-state index in [2.05, 4.69) is 28.2 Å². The molecule has 0 fully saturated rings. The van der Waals surface area contributed by atoms with Crippen LogP contribution in [0.4, 0.5) is 0 Å². The first-order valence-corrected chi connectivity index (χ1v) is 12.7. The summed E-state index contributed by atoms with van der Waals surface area (Å²) in [6.45, 7) is -9.53. The first-order chi connectivity index (χ1) is 24.8. The van der Waals surface area contributed by atoms with Gasteiger partial charge in [-0.2, -0.15) is 0 Å². The minimum atomic E-state index is -2.60. The van der Waals surface area contributed by atoms with Gasteiger partial charge in [0.05, 0.1) is 5.58 Å². The number of fused-ring (bicyclic) bond motifs is 3. The number of aryl methyl sites for hydroxylation is 4. The van der Waals surface area contributed by atoms with Crippen LogP contribution in [-0.2, 0) is 20.1 Å². The number of benzene rings is 4. The molecule has 0 atom stereocenters. The predicted octanol–water partition coefficient (Wildman–Crippen LogP) is 9.90. The van der Waals surface area contributed by atoms with Gasteiger partial charge in [-0.3, -0.25) is 0 Å². The van der Waals surface area contributed by atoms with E-state index in [0.29, 0.717) is 33.7 Å². The van der Waals surface area contributed by atoms with Gasteiger partial charge in [0.2, 0.25) is 0 Å². The summed E-state index contributed by atoms with van der Waals surface area (Å²) in [6, 6.07) is 34.4. The second-order valence-corrected chi connectivity index (χ2v) is 9.31. The Balaban J connectivity index is 0.000000230. The molecule has 7 rings (SSSR count). The Morgan fingerprint density at radius 3 is 2.24 bits per heavy atom. The molecule has 0 aliphatic heterocycles. The van der Waals surface area contributed by atoms with Crippen LogP contribution >= 0.6 is 0 Å². The van der Waals surface area contributed by atoms with Gasteiger partial charge in [-0.1, -0.05) is 78.0 Å². The Morgan fingerprint density at radius 2 is 1.50 bits per heavy atom. The van der Waals surface area contributed by atoms with Gasteiger partial charge in [-0.15, -0.1) is 53.6 Å². The molecule has 0 saturated heterocycles. The number of aromatic nitrogens is 2. The summed E-state index contributed by atoms with van der Waals surface area (Å²) in [6.07, 6.45) is 2.42. The molecular formula is C38H30IrN2O-2. The summed E-state index contributed by atoms with van der Waals surface area (Å²) in [5.41, 5.74) is 5.12. The minimum Gasteiger partial charge on any atom is -0.501 e. The van der Waals surface area contributed by atoms with Gasteiger partial charge in [0.15, 0.2) is 0 Å². The van der Waals surface area contributed by atoms with Gasteiger partial charge in [-0.25, -0.2) is 0 Å². The van der Waals surface area contributed by atoms with Crippen molar-refractivity contribution in [3.8, 4) is 33.6 Å². The molecule has 1 radical (unpaired) electrons. The molecule has 7 aromatic rings. The largest absolute Gasteiger partial charge is 0.501 e. The normalized spacial score (nSPS) is 16.1. The molecule has 4 aromatic carbocycles. The van der Waals surface area contributed by atoms with Crippen molar-refractivity contribution in [2.45, 2.75) is 27.4 Å². The standard InChI is InChI=1S/C25H18NO.C13H12N.Ir/c1-16-13-23(26-15-17(16)2)21-10-6-9-20-22-14-19(18-7-4-3-5-8-18)11-12-24(22)27-25(20)21;1-10-3-6-12(7-4-10)13-8-5-11(2)9-14-13;/h3-9,11-15H,1-2H3;3-6,8-9H,1-2H3;/q2*-1;/i2*1D3,2D3;. The summed E-state index contributed by atoms with van der Waals surface area (Å²) in [5, 5.41) is 1.76. The minimum absolute atomic E-state index is 0. The van der Waals surface area contributed by atoms with Crippen LogP contribution in [-0.4, -0.2) is 9.97 Å². The van der Waals surface area contributed by atoms with E-state index in [0.717, 1.165) is 28.1 Å². The van der Waals surface area contributed by atoms with Crippen molar-refractivity contribution in [2.75, 3.05) is 0 Å². The number of nitrogens with zero attached hydrogens (tertiary/aromatic N) is 2. The van der Waals surface area contributed by atoms with Crippen LogP contribution in [0.25, 0.3) is 55.6 Å². The molecule has 0 spiro atoms. The average molecular weight is 735 g/mol. The van der Waals surface area contributed by atoms with Crippen LogP contribution in [0.3, 0.4) is 0 Å². The van der Waals surface area contributed by atoms with Gasteiger partial charge >= 0.3 is 0 Å². The fourth-order valence-electron chi connectivity index (χ4n) is 4.47. The fraction of sp³-hybridized carbons (Fsp3) is 0.105. The van der Waals surface area contributed by atoms with E-state index < -0.39 is 27.4 Å². The quantitative estimate of drug-likeness (QED) is 0.170. The van der Waals surface area contributed by atoms with E-state index in [1.807, 2.05) is 48.5 Å². The SMILES string of the molecule is [2H]C([2H])([2H])c1c[c-]c(-c2ccc(C([2H])([2H])[2H])cn2)cc1.[2H]C([2H])([2H])c1cnc(-c2[c-]ccc3c2oc2ccc(-c4ccccc4)cc23)cc1C([2H])([2H])[2H].[Ir]. The van der Waals surface area contributed by atoms with Crippen molar-refractivity contribution < 1.29 is 41.0 Å².